The van der Waals surface area contributed by atoms with Gasteiger partial charge in [-0.25, -0.2) is 4.39 Å². The molecule has 3 nitrogen and oxygen atoms in total. The first kappa shape index (κ1) is 12.3. The second kappa shape index (κ2) is 5.47. The van der Waals surface area contributed by atoms with Crippen molar-refractivity contribution in [1.82, 2.24) is 5.32 Å². The fourth-order valence-corrected chi connectivity index (χ4v) is 2.05. The van der Waals surface area contributed by atoms with E-state index in [1.807, 2.05) is 13.0 Å². The van der Waals surface area contributed by atoms with Gasteiger partial charge < -0.3 is 15.8 Å². The summed E-state index contributed by atoms with van der Waals surface area (Å²) in [5, 5.41) is 3.38. The first-order chi connectivity index (χ1) is 8.19. The molecule has 2 rings (SSSR count). The van der Waals surface area contributed by atoms with Crippen LogP contribution in [0.15, 0.2) is 18.2 Å². The molecule has 94 valence electrons. The molecule has 1 aromatic rings. The van der Waals surface area contributed by atoms with Crippen molar-refractivity contribution in [2.45, 2.75) is 38.5 Å². The molecule has 4 heteroatoms. The Hall–Kier alpha value is -1.13. The lowest BCUT2D eigenvalue weighted by atomic mass is 9.89. The quantitative estimate of drug-likeness (QED) is 0.772. The minimum atomic E-state index is -0.342. The second-order valence-electron chi connectivity index (χ2n) is 4.48. The van der Waals surface area contributed by atoms with Crippen molar-refractivity contribution in [1.29, 1.82) is 0 Å². The number of nitrogens with one attached hydrogen (secondary N) is 1. The van der Waals surface area contributed by atoms with Gasteiger partial charge in [-0.1, -0.05) is 6.07 Å². The van der Waals surface area contributed by atoms with Crippen LogP contribution in [-0.4, -0.2) is 18.8 Å². The summed E-state index contributed by atoms with van der Waals surface area (Å²) in [5.41, 5.74) is 6.55. The lowest BCUT2D eigenvalue weighted by molar-refractivity contribution is -0.0102. The average Bonchev–Trinajstić information content (AvgIpc) is 2.26. The van der Waals surface area contributed by atoms with Crippen LogP contribution in [0.2, 0.25) is 0 Å². The van der Waals surface area contributed by atoms with E-state index in [-0.39, 0.29) is 11.5 Å². The van der Waals surface area contributed by atoms with Gasteiger partial charge in [0.1, 0.15) is 5.82 Å². The lowest BCUT2D eigenvalue weighted by Gasteiger charge is -2.35. The Kier molecular flexibility index (Phi) is 3.97. The van der Waals surface area contributed by atoms with Gasteiger partial charge >= 0.3 is 0 Å². The predicted octanol–water partition coefficient (Wildman–Crippen LogP) is 2.07. The molecule has 1 aliphatic rings. The third-order valence-corrected chi connectivity index (χ3v) is 3.16. The molecule has 0 amide bonds. The third kappa shape index (κ3) is 3.17. The molecule has 0 aliphatic heterocycles. The molecule has 0 aromatic heterocycles. The average molecular weight is 238 g/mol. The van der Waals surface area contributed by atoms with Gasteiger partial charge in [-0.3, -0.25) is 0 Å². The van der Waals surface area contributed by atoms with E-state index in [1.165, 1.54) is 6.07 Å². The Balaban J connectivity index is 1.74. The molecule has 3 N–H and O–H groups in total. The van der Waals surface area contributed by atoms with Gasteiger partial charge in [-0.05, 0) is 37.5 Å². The van der Waals surface area contributed by atoms with Crippen molar-refractivity contribution >= 4 is 5.69 Å². The zero-order valence-electron chi connectivity index (χ0n) is 10.1. The van der Waals surface area contributed by atoms with Crippen LogP contribution in [-0.2, 0) is 11.3 Å². The highest BCUT2D eigenvalue weighted by Gasteiger charge is 2.28. The molecule has 0 radical (unpaired) electrons. The second-order valence-corrected chi connectivity index (χ2v) is 4.48. The highest BCUT2D eigenvalue weighted by Crippen LogP contribution is 2.23. The summed E-state index contributed by atoms with van der Waals surface area (Å²) in [7, 11) is 0. The molecule has 1 aromatic carbocycles. The predicted molar refractivity (Wildman–Crippen MR) is 66.1 cm³/mol. The third-order valence-electron chi connectivity index (χ3n) is 3.16. The van der Waals surface area contributed by atoms with Gasteiger partial charge in [-0.2, -0.15) is 0 Å². The van der Waals surface area contributed by atoms with Crippen LogP contribution in [0.25, 0.3) is 0 Å². The molecule has 0 heterocycles. The van der Waals surface area contributed by atoms with Crippen LogP contribution in [0.1, 0.15) is 25.3 Å². The molecule has 0 atom stereocenters. The number of benzene rings is 1. The first-order valence-electron chi connectivity index (χ1n) is 6.08. The standard InChI is InChI=1S/C13H19FN2O/c1-2-17-11-6-10(7-11)16-8-9-3-4-13(15)12(14)5-9/h3-5,10-11,16H,2,6-8,15H2,1H3. The van der Waals surface area contributed by atoms with E-state index in [0.29, 0.717) is 18.7 Å². The summed E-state index contributed by atoms with van der Waals surface area (Å²) < 4.78 is 18.7. The fourth-order valence-electron chi connectivity index (χ4n) is 2.05. The summed E-state index contributed by atoms with van der Waals surface area (Å²) in [6, 6.07) is 5.44. The number of halogens is 1. The van der Waals surface area contributed by atoms with Gasteiger partial charge in [0.05, 0.1) is 11.8 Å². The molecule has 0 bridgehead atoms. The van der Waals surface area contributed by atoms with Gasteiger partial charge in [0.15, 0.2) is 0 Å². The zero-order chi connectivity index (χ0) is 12.3. The SMILES string of the molecule is CCOC1CC(NCc2ccc(N)c(F)c2)C1. The van der Waals surface area contributed by atoms with Crippen LogP contribution in [0.3, 0.4) is 0 Å². The van der Waals surface area contributed by atoms with E-state index in [1.54, 1.807) is 6.07 Å². The molecule has 17 heavy (non-hydrogen) atoms. The smallest absolute Gasteiger partial charge is 0.146 e. The maximum atomic E-state index is 13.2. The molecular weight excluding hydrogens is 219 g/mol. The van der Waals surface area contributed by atoms with Crippen molar-refractivity contribution < 1.29 is 9.13 Å². The maximum absolute atomic E-state index is 13.2. The Morgan fingerprint density at radius 2 is 2.24 bits per heavy atom. The van der Waals surface area contributed by atoms with E-state index in [4.69, 9.17) is 10.5 Å². The van der Waals surface area contributed by atoms with Gasteiger partial charge in [0.25, 0.3) is 0 Å². The number of nitrogens with two attached hydrogens (primary N) is 1. The largest absolute Gasteiger partial charge is 0.396 e. The number of hydrogen-bond acceptors (Lipinski definition) is 3. The van der Waals surface area contributed by atoms with E-state index >= 15 is 0 Å². The van der Waals surface area contributed by atoms with Gasteiger partial charge in [-0.15, -0.1) is 0 Å². The topological polar surface area (TPSA) is 47.3 Å². The minimum Gasteiger partial charge on any atom is -0.396 e. The molecular formula is C13H19FN2O. The monoisotopic (exact) mass is 238 g/mol. The Labute approximate surface area is 101 Å². The lowest BCUT2D eigenvalue weighted by Crippen LogP contribution is -2.45. The van der Waals surface area contributed by atoms with Crippen LogP contribution in [0, 0.1) is 5.82 Å². The molecule has 0 unspecified atom stereocenters. The number of ether oxygens (including phenoxy) is 1. The molecule has 1 fully saturated rings. The van der Waals surface area contributed by atoms with Crippen LogP contribution in [0.4, 0.5) is 10.1 Å². The van der Waals surface area contributed by atoms with Crippen molar-refractivity contribution in [2.75, 3.05) is 12.3 Å². The number of anilines is 1. The van der Waals surface area contributed by atoms with E-state index in [9.17, 15) is 4.39 Å². The van der Waals surface area contributed by atoms with Crippen molar-refractivity contribution in [3.8, 4) is 0 Å². The Morgan fingerprint density at radius 1 is 1.47 bits per heavy atom. The van der Waals surface area contributed by atoms with Crippen molar-refractivity contribution in [2.24, 2.45) is 0 Å². The van der Waals surface area contributed by atoms with E-state index in [0.717, 1.165) is 25.0 Å². The van der Waals surface area contributed by atoms with Crippen LogP contribution < -0.4 is 11.1 Å². The summed E-state index contributed by atoms with van der Waals surface area (Å²) in [6.45, 7) is 3.47. The summed E-state index contributed by atoms with van der Waals surface area (Å²) in [5.74, 6) is -0.342. The molecule has 0 saturated heterocycles. The van der Waals surface area contributed by atoms with Crippen molar-refractivity contribution in [3.05, 3.63) is 29.6 Å². The highest BCUT2D eigenvalue weighted by molar-refractivity contribution is 5.41. The van der Waals surface area contributed by atoms with Gasteiger partial charge in [0, 0.05) is 19.2 Å². The minimum absolute atomic E-state index is 0.203. The summed E-state index contributed by atoms with van der Waals surface area (Å²) in [4.78, 5) is 0. The van der Waals surface area contributed by atoms with Crippen molar-refractivity contribution in [3.63, 3.8) is 0 Å². The van der Waals surface area contributed by atoms with Crippen LogP contribution >= 0.6 is 0 Å². The zero-order valence-corrected chi connectivity index (χ0v) is 10.1. The van der Waals surface area contributed by atoms with Crippen LogP contribution in [0.5, 0.6) is 0 Å². The first-order valence-corrected chi connectivity index (χ1v) is 6.08. The Bertz CT molecular complexity index is 378. The Morgan fingerprint density at radius 3 is 2.88 bits per heavy atom. The number of rotatable bonds is 5. The van der Waals surface area contributed by atoms with E-state index < -0.39 is 0 Å². The molecule has 1 aliphatic carbocycles. The molecule has 0 spiro atoms. The van der Waals surface area contributed by atoms with E-state index in [2.05, 4.69) is 5.32 Å². The van der Waals surface area contributed by atoms with Gasteiger partial charge in [0.2, 0.25) is 0 Å². The summed E-state index contributed by atoms with van der Waals surface area (Å²) in [6.07, 6.45) is 2.50. The normalized spacial score (nSPS) is 23.4. The summed E-state index contributed by atoms with van der Waals surface area (Å²) >= 11 is 0. The fraction of sp³-hybridized carbons (Fsp3) is 0.538. The number of hydrogen-bond donors (Lipinski definition) is 2. The molecule has 1 saturated carbocycles. The maximum Gasteiger partial charge on any atom is 0.146 e. The number of nitrogen functional groups attached to an aromatic ring is 1. The highest BCUT2D eigenvalue weighted by atomic mass is 19.1.